The molecule has 0 bridgehead atoms. The lowest BCUT2D eigenvalue weighted by Gasteiger charge is -2.02. The molecule has 0 unspecified atom stereocenters. The van der Waals surface area contributed by atoms with Gasteiger partial charge in [0.05, 0.1) is 22.9 Å². The first kappa shape index (κ1) is 16.0. The largest absolute Gasteiger partial charge is 0.382 e. The van der Waals surface area contributed by atoms with Crippen LogP contribution in [-0.2, 0) is 6.42 Å². The Hall–Kier alpha value is -3.47. The molecule has 0 aliphatic heterocycles. The highest BCUT2D eigenvalue weighted by Gasteiger charge is 2.11. The number of hydrogen-bond donors (Lipinski definition) is 2. The number of nitrogen functional groups attached to an aromatic ring is 1. The molecule has 4 aromatic rings. The maximum absolute atomic E-state index is 6.04. The number of nitrogens with one attached hydrogen (secondary N) is 1. The van der Waals surface area contributed by atoms with E-state index in [-0.39, 0.29) is 0 Å². The molecule has 0 saturated heterocycles. The summed E-state index contributed by atoms with van der Waals surface area (Å²) < 4.78 is 0. The number of fused-ring (bicyclic) bond motifs is 1. The topological polar surface area (TPSA) is 80.5 Å². The number of nitrogens with two attached hydrogens (primary N) is 1. The molecule has 5 nitrogen and oxygen atoms in total. The molecule has 0 atom stereocenters. The molecule has 5 heteroatoms. The van der Waals surface area contributed by atoms with E-state index in [1.807, 2.05) is 43.3 Å². The summed E-state index contributed by atoms with van der Waals surface area (Å²) in [6.45, 7) is 2.05. The van der Waals surface area contributed by atoms with E-state index in [1.54, 1.807) is 6.20 Å². The van der Waals surface area contributed by atoms with E-state index >= 15 is 0 Å². The lowest BCUT2D eigenvalue weighted by atomic mass is 10.1. The number of H-pyrrole nitrogens is 1. The van der Waals surface area contributed by atoms with Gasteiger partial charge in [-0.2, -0.15) is 0 Å². The third kappa shape index (κ3) is 3.32. The number of rotatable bonds is 4. The average molecular weight is 341 g/mol. The summed E-state index contributed by atoms with van der Waals surface area (Å²) in [5, 5.41) is 0. The van der Waals surface area contributed by atoms with Gasteiger partial charge in [0, 0.05) is 0 Å². The fourth-order valence-corrected chi connectivity index (χ4v) is 2.83. The average Bonchev–Trinajstić information content (AvgIpc) is 3.07. The predicted octanol–water partition coefficient (Wildman–Crippen LogP) is 4.17. The maximum atomic E-state index is 6.04. The first-order valence-electron chi connectivity index (χ1n) is 8.49. The van der Waals surface area contributed by atoms with E-state index in [1.165, 1.54) is 11.1 Å². The van der Waals surface area contributed by atoms with Crippen LogP contribution in [0.3, 0.4) is 0 Å². The molecule has 0 amide bonds. The Kier molecular flexibility index (Phi) is 4.19. The third-order valence-electron chi connectivity index (χ3n) is 4.17. The number of hydrogen-bond acceptors (Lipinski definition) is 4. The van der Waals surface area contributed by atoms with E-state index < -0.39 is 0 Å². The summed E-state index contributed by atoms with van der Waals surface area (Å²) in [6, 6.07) is 16.4. The van der Waals surface area contributed by atoms with Crippen molar-refractivity contribution in [3.05, 3.63) is 77.6 Å². The second-order valence-electron chi connectivity index (χ2n) is 6.23. The first-order valence-corrected chi connectivity index (χ1v) is 8.49. The van der Waals surface area contributed by atoms with Crippen molar-refractivity contribution in [1.29, 1.82) is 0 Å². The Morgan fingerprint density at radius 2 is 1.92 bits per heavy atom. The van der Waals surface area contributed by atoms with Crippen molar-refractivity contribution in [3.63, 3.8) is 0 Å². The van der Waals surface area contributed by atoms with Gasteiger partial charge in [0.2, 0.25) is 0 Å². The molecular formula is C21H19N5. The molecule has 2 aromatic carbocycles. The molecule has 128 valence electrons. The number of aromatic amines is 1. The Labute approximate surface area is 151 Å². The molecule has 3 N–H and O–H groups in total. The molecule has 0 radical (unpaired) electrons. The summed E-state index contributed by atoms with van der Waals surface area (Å²) in [5.41, 5.74) is 11.6. The van der Waals surface area contributed by atoms with E-state index in [0.29, 0.717) is 17.3 Å². The van der Waals surface area contributed by atoms with Crippen LogP contribution in [0.2, 0.25) is 0 Å². The van der Waals surface area contributed by atoms with Gasteiger partial charge in [0.15, 0.2) is 11.6 Å². The number of imidazole rings is 1. The van der Waals surface area contributed by atoms with Gasteiger partial charge in [0.25, 0.3) is 0 Å². The van der Waals surface area contributed by atoms with Crippen LogP contribution in [0.5, 0.6) is 0 Å². The number of benzene rings is 2. The Morgan fingerprint density at radius 1 is 1.08 bits per heavy atom. The number of aryl methyl sites for hydroxylation is 1. The second-order valence-corrected chi connectivity index (χ2v) is 6.23. The minimum atomic E-state index is 0.362. The van der Waals surface area contributed by atoms with Crippen LogP contribution >= 0.6 is 0 Å². The monoisotopic (exact) mass is 341 g/mol. The van der Waals surface area contributed by atoms with Gasteiger partial charge in [-0.15, -0.1) is 0 Å². The molecule has 0 aliphatic carbocycles. The van der Waals surface area contributed by atoms with E-state index in [0.717, 1.165) is 23.1 Å². The summed E-state index contributed by atoms with van der Waals surface area (Å²) >= 11 is 0. The molecular weight excluding hydrogens is 322 g/mol. The van der Waals surface area contributed by atoms with Gasteiger partial charge in [0.1, 0.15) is 5.69 Å². The zero-order chi connectivity index (χ0) is 17.9. The number of nitrogens with zero attached hydrogens (tertiary/aromatic N) is 3. The number of anilines is 1. The SMILES string of the molecule is Cc1ccc2nc(-c3nc(/C=C/Cc4ccccc4)cnc3N)[nH]c2c1. The maximum Gasteiger partial charge on any atom is 0.161 e. The van der Waals surface area contributed by atoms with Crippen molar-refractivity contribution in [2.24, 2.45) is 0 Å². The second kappa shape index (κ2) is 6.80. The quantitative estimate of drug-likeness (QED) is 0.584. The van der Waals surface area contributed by atoms with Crippen LogP contribution in [-0.4, -0.2) is 19.9 Å². The van der Waals surface area contributed by atoms with E-state index in [2.05, 4.69) is 44.2 Å². The highest BCUT2D eigenvalue weighted by molar-refractivity contribution is 5.81. The minimum Gasteiger partial charge on any atom is -0.382 e. The van der Waals surface area contributed by atoms with Crippen molar-refractivity contribution >= 4 is 22.9 Å². The zero-order valence-corrected chi connectivity index (χ0v) is 14.5. The highest BCUT2D eigenvalue weighted by Crippen LogP contribution is 2.23. The van der Waals surface area contributed by atoms with Crippen molar-refractivity contribution in [3.8, 4) is 11.5 Å². The smallest absolute Gasteiger partial charge is 0.161 e. The van der Waals surface area contributed by atoms with Crippen LogP contribution in [0.15, 0.2) is 60.8 Å². The Morgan fingerprint density at radius 3 is 2.77 bits per heavy atom. The number of allylic oxidation sites excluding steroid dienone is 1. The van der Waals surface area contributed by atoms with Gasteiger partial charge in [-0.05, 0) is 42.7 Å². The lowest BCUT2D eigenvalue weighted by Crippen LogP contribution is -1.99. The predicted molar refractivity (Wildman–Crippen MR) is 105 cm³/mol. The van der Waals surface area contributed by atoms with Crippen molar-refractivity contribution in [1.82, 2.24) is 19.9 Å². The molecule has 0 saturated carbocycles. The standard InChI is InChI=1S/C21H19N5/c1-14-10-11-17-18(12-14)26-21(25-17)19-20(22)23-13-16(24-19)9-5-8-15-6-3-2-4-7-15/h2-7,9-13H,8H2,1H3,(H2,22,23)(H,25,26)/b9-5+. The highest BCUT2D eigenvalue weighted by atomic mass is 15.0. The molecule has 2 heterocycles. The van der Waals surface area contributed by atoms with Crippen LogP contribution in [0.1, 0.15) is 16.8 Å². The van der Waals surface area contributed by atoms with Gasteiger partial charge >= 0.3 is 0 Å². The fourth-order valence-electron chi connectivity index (χ4n) is 2.83. The molecule has 2 aromatic heterocycles. The first-order chi connectivity index (χ1) is 12.7. The summed E-state index contributed by atoms with van der Waals surface area (Å²) in [4.78, 5) is 16.8. The van der Waals surface area contributed by atoms with Crippen LogP contribution in [0.4, 0.5) is 5.82 Å². The summed E-state index contributed by atoms with van der Waals surface area (Å²) in [6.07, 6.45) is 6.54. The van der Waals surface area contributed by atoms with E-state index in [4.69, 9.17) is 5.73 Å². The van der Waals surface area contributed by atoms with Crippen LogP contribution in [0.25, 0.3) is 28.6 Å². The van der Waals surface area contributed by atoms with Crippen molar-refractivity contribution in [2.75, 3.05) is 5.73 Å². The fraction of sp³-hybridized carbons (Fsp3) is 0.0952. The normalized spacial score (nSPS) is 11.4. The van der Waals surface area contributed by atoms with Gasteiger partial charge in [-0.25, -0.2) is 15.0 Å². The lowest BCUT2D eigenvalue weighted by molar-refractivity contribution is 1.15. The van der Waals surface area contributed by atoms with Crippen molar-refractivity contribution < 1.29 is 0 Å². The molecule has 0 spiro atoms. The van der Waals surface area contributed by atoms with Crippen LogP contribution < -0.4 is 5.73 Å². The molecule has 4 rings (SSSR count). The molecule has 26 heavy (non-hydrogen) atoms. The van der Waals surface area contributed by atoms with E-state index in [9.17, 15) is 0 Å². The van der Waals surface area contributed by atoms with Gasteiger partial charge in [-0.1, -0.05) is 42.5 Å². The summed E-state index contributed by atoms with van der Waals surface area (Å²) in [5.74, 6) is 0.995. The molecule has 0 aliphatic rings. The van der Waals surface area contributed by atoms with Gasteiger partial charge < -0.3 is 10.7 Å². The third-order valence-corrected chi connectivity index (χ3v) is 4.17. The van der Waals surface area contributed by atoms with Gasteiger partial charge in [-0.3, -0.25) is 0 Å². The molecule has 0 fully saturated rings. The minimum absolute atomic E-state index is 0.362. The zero-order valence-electron chi connectivity index (χ0n) is 14.5. The van der Waals surface area contributed by atoms with Crippen LogP contribution in [0, 0.1) is 6.92 Å². The Balaban J connectivity index is 1.63. The Bertz CT molecular complexity index is 1080. The summed E-state index contributed by atoms with van der Waals surface area (Å²) in [7, 11) is 0. The van der Waals surface area contributed by atoms with Crippen molar-refractivity contribution in [2.45, 2.75) is 13.3 Å². The number of aromatic nitrogens is 4.